The minimum atomic E-state index is 0.00919. The SMILES string of the molecule is CCOC(=NO)c1ccc(C(=O)c2cc3c(cc2C)C(C)(C)CCC3(C)C)cc1. The van der Waals surface area contributed by atoms with Crippen molar-refractivity contribution in [2.75, 3.05) is 6.61 Å². The summed E-state index contributed by atoms with van der Waals surface area (Å²) < 4.78 is 5.30. The van der Waals surface area contributed by atoms with Crippen LogP contribution in [0.1, 0.15) is 85.6 Å². The van der Waals surface area contributed by atoms with Gasteiger partial charge in [0.05, 0.1) is 6.61 Å². The van der Waals surface area contributed by atoms with Crippen LogP contribution in [0.25, 0.3) is 0 Å². The molecule has 4 nitrogen and oxygen atoms in total. The smallest absolute Gasteiger partial charge is 0.257 e. The van der Waals surface area contributed by atoms with E-state index < -0.39 is 0 Å². The zero-order valence-electron chi connectivity index (χ0n) is 18.3. The maximum absolute atomic E-state index is 13.3. The summed E-state index contributed by atoms with van der Waals surface area (Å²) in [5.41, 5.74) is 5.83. The lowest BCUT2D eigenvalue weighted by Crippen LogP contribution is -2.34. The molecule has 29 heavy (non-hydrogen) atoms. The van der Waals surface area contributed by atoms with Crippen molar-refractivity contribution in [2.24, 2.45) is 5.16 Å². The van der Waals surface area contributed by atoms with E-state index in [1.165, 1.54) is 11.1 Å². The van der Waals surface area contributed by atoms with Crippen LogP contribution in [0.4, 0.5) is 0 Å². The average molecular weight is 394 g/mol. The lowest BCUT2D eigenvalue weighted by molar-refractivity contribution is 0.103. The summed E-state index contributed by atoms with van der Waals surface area (Å²) in [5, 5.41) is 12.3. The third-order valence-corrected chi connectivity index (χ3v) is 6.21. The number of carbonyl (C=O) groups is 1. The van der Waals surface area contributed by atoms with Crippen LogP contribution in [0.5, 0.6) is 0 Å². The van der Waals surface area contributed by atoms with Gasteiger partial charge in [-0.15, -0.1) is 0 Å². The van der Waals surface area contributed by atoms with Gasteiger partial charge in [-0.2, -0.15) is 0 Å². The highest BCUT2D eigenvalue weighted by Crippen LogP contribution is 2.46. The third-order valence-electron chi connectivity index (χ3n) is 6.21. The summed E-state index contributed by atoms with van der Waals surface area (Å²) in [6, 6.07) is 11.3. The topological polar surface area (TPSA) is 58.9 Å². The summed E-state index contributed by atoms with van der Waals surface area (Å²) in [6.45, 7) is 13.4. The summed E-state index contributed by atoms with van der Waals surface area (Å²) in [6.07, 6.45) is 2.26. The Labute approximate surface area is 173 Å². The molecule has 0 unspecified atom stereocenters. The molecule has 0 aliphatic heterocycles. The van der Waals surface area contributed by atoms with Gasteiger partial charge in [-0.25, -0.2) is 0 Å². The van der Waals surface area contributed by atoms with Gasteiger partial charge in [-0.05, 0) is 77.6 Å². The molecule has 1 N–H and O–H groups in total. The first kappa shape index (κ1) is 21.1. The molecular weight excluding hydrogens is 362 g/mol. The molecule has 0 heterocycles. The number of benzene rings is 2. The van der Waals surface area contributed by atoms with Gasteiger partial charge in [0.15, 0.2) is 5.78 Å². The Kier molecular flexibility index (Phi) is 5.57. The van der Waals surface area contributed by atoms with E-state index in [1.54, 1.807) is 24.3 Å². The van der Waals surface area contributed by atoms with Crippen LogP contribution in [0, 0.1) is 6.92 Å². The van der Waals surface area contributed by atoms with E-state index in [9.17, 15) is 4.79 Å². The number of hydrogen-bond acceptors (Lipinski definition) is 4. The molecular formula is C25H31NO3. The van der Waals surface area contributed by atoms with E-state index in [-0.39, 0.29) is 22.5 Å². The second kappa shape index (κ2) is 7.66. The van der Waals surface area contributed by atoms with Gasteiger partial charge < -0.3 is 9.94 Å². The first-order valence-electron chi connectivity index (χ1n) is 10.3. The Morgan fingerprint density at radius 1 is 1.00 bits per heavy atom. The highest BCUT2D eigenvalue weighted by atomic mass is 16.5. The lowest BCUT2D eigenvalue weighted by Gasteiger charge is -2.42. The predicted octanol–water partition coefficient (Wildman–Crippen LogP) is 5.75. The summed E-state index contributed by atoms with van der Waals surface area (Å²) in [5.74, 6) is 0.162. The Morgan fingerprint density at radius 3 is 2.03 bits per heavy atom. The van der Waals surface area contributed by atoms with Crippen molar-refractivity contribution >= 4 is 11.7 Å². The maximum atomic E-state index is 13.3. The second-order valence-electron chi connectivity index (χ2n) is 9.23. The summed E-state index contributed by atoms with van der Waals surface area (Å²) in [4.78, 5) is 13.3. The fourth-order valence-electron chi connectivity index (χ4n) is 4.19. The number of oxime groups is 1. The normalized spacial score (nSPS) is 17.5. The summed E-state index contributed by atoms with van der Waals surface area (Å²) >= 11 is 0. The van der Waals surface area contributed by atoms with Crippen molar-refractivity contribution in [2.45, 2.75) is 65.2 Å². The molecule has 0 saturated carbocycles. The van der Waals surface area contributed by atoms with Crippen molar-refractivity contribution < 1.29 is 14.7 Å². The van der Waals surface area contributed by atoms with Gasteiger partial charge in [0.2, 0.25) is 0 Å². The standard InChI is InChI=1S/C25H31NO3/c1-7-29-23(26-28)18-10-8-17(9-11-18)22(27)19-15-21-20(14-16(19)2)24(3,4)12-13-25(21,5)6/h8-11,14-15,28H,7,12-13H2,1-6H3. The van der Waals surface area contributed by atoms with Crippen molar-refractivity contribution in [3.63, 3.8) is 0 Å². The molecule has 0 bridgehead atoms. The Bertz CT molecular complexity index is 953. The minimum Gasteiger partial charge on any atom is -0.475 e. The van der Waals surface area contributed by atoms with E-state index in [2.05, 4.69) is 45.0 Å². The molecule has 154 valence electrons. The van der Waals surface area contributed by atoms with Crippen LogP contribution in [-0.4, -0.2) is 23.5 Å². The molecule has 0 aromatic heterocycles. The van der Waals surface area contributed by atoms with Crippen LogP contribution >= 0.6 is 0 Å². The Balaban J connectivity index is 2.00. The number of aryl methyl sites for hydroxylation is 1. The molecule has 0 fully saturated rings. The molecule has 3 rings (SSSR count). The molecule has 4 heteroatoms. The first-order valence-corrected chi connectivity index (χ1v) is 10.3. The van der Waals surface area contributed by atoms with E-state index in [4.69, 9.17) is 9.94 Å². The van der Waals surface area contributed by atoms with Gasteiger partial charge in [0, 0.05) is 16.7 Å². The second-order valence-corrected chi connectivity index (χ2v) is 9.23. The van der Waals surface area contributed by atoms with Crippen molar-refractivity contribution in [1.29, 1.82) is 0 Å². The molecule has 1 aliphatic rings. The first-order chi connectivity index (χ1) is 13.6. The van der Waals surface area contributed by atoms with E-state index >= 15 is 0 Å². The van der Waals surface area contributed by atoms with E-state index in [1.807, 2.05) is 13.8 Å². The number of ether oxygens (including phenoxy) is 1. The highest BCUT2D eigenvalue weighted by Gasteiger charge is 2.37. The zero-order valence-corrected chi connectivity index (χ0v) is 18.3. The van der Waals surface area contributed by atoms with Crippen LogP contribution in [0.15, 0.2) is 41.6 Å². The number of ketones is 1. The monoisotopic (exact) mass is 393 g/mol. The number of rotatable bonds is 4. The van der Waals surface area contributed by atoms with Gasteiger partial charge in [-0.1, -0.05) is 45.9 Å². The van der Waals surface area contributed by atoms with Gasteiger partial charge in [0.25, 0.3) is 5.90 Å². The van der Waals surface area contributed by atoms with Crippen molar-refractivity contribution in [3.05, 3.63) is 69.8 Å². The molecule has 2 aromatic carbocycles. The van der Waals surface area contributed by atoms with Crippen LogP contribution in [0.2, 0.25) is 0 Å². The highest BCUT2D eigenvalue weighted by molar-refractivity contribution is 6.10. The molecule has 2 aromatic rings. The van der Waals surface area contributed by atoms with Crippen LogP contribution < -0.4 is 0 Å². The largest absolute Gasteiger partial charge is 0.475 e. The molecule has 0 amide bonds. The van der Waals surface area contributed by atoms with Crippen molar-refractivity contribution in [3.8, 4) is 0 Å². The van der Waals surface area contributed by atoms with E-state index in [0.29, 0.717) is 17.7 Å². The van der Waals surface area contributed by atoms with E-state index in [0.717, 1.165) is 24.0 Å². The summed E-state index contributed by atoms with van der Waals surface area (Å²) in [7, 11) is 0. The Hall–Kier alpha value is -2.62. The Morgan fingerprint density at radius 2 is 1.52 bits per heavy atom. The molecule has 0 saturated heterocycles. The fourth-order valence-corrected chi connectivity index (χ4v) is 4.19. The maximum Gasteiger partial charge on any atom is 0.257 e. The third kappa shape index (κ3) is 3.93. The number of fused-ring (bicyclic) bond motifs is 1. The van der Waals surface area contributed by atoms with Crippen molar-refractivity contribution in [1.82, 2.24) is 0 Å². The quantitative estimate of drug-likeness (QED) is 0.237. The fraction of sp³-hybridized carbons (Fsp3) is 0.440. The molecule has 1 aliphatic carbocycles. The molecule has 0 spiro atoms. The lowest BCUT2D eigenvalue weighted by atomic mass is 9.62. The molecule has 0 atom stereocenters. The van der Waals surface area contributed by atoms with Crippen LogP contribution in [0.3, 0.4) is 0 Å². The average Bonchev–Trinajstić information content (AvgIpc) is 2.69. The predicted molar refractivity (Wildman–Crippen MR) is 116 cm³/mol. The number of carbonyl (C=O) groups excluding carboxylic acids is 1. The van der Waals surface area contributed by atoms with Crippen LogP contribution in [-0.2, 0) is 15.6 Å². The van der Waals surface area contributed by atoms with Gasteiger partial charge >= 0.3 is 0 Å². The van der Waals surface area contributed by atoms with Gasteiger partial charge in [0.1, 0.15) is 0 Å². The number of hydrogen-bond donors (Lipinski definition) is 1. The number of nitrogens with zero attached hydrogens (tertiary/aromatic N) is 1. The van der Waals surface area contributed by atoms with Gasteiger partial charge in [-0.3, -0.25) is 4.79 Å². The zero-order chi connectivity index (χ0) is 21.4. The molecule has 0 radical (unpaired) electrons. The minimum absolute atomic E-state index is 0.00919.